The molecule has 0 aromatic heterocycles. The van der Waals surface area contributed by atoms with E-state index in [1.54, 1.807) is 13.8 Å². The Morgan fingerprint density at radius 2 is 1.77 bits per heavy atom. The molecule has 0 saturated carbocycles. The molecule has 206 valence electrons. The number of hydrogen-bond donors (Lipinski definition) is 3. The topological polar surface area (TPSA) is 122 Å². The van der Waals surface area contributed by atoms with Gasteiger partial charge in [0, 0.05) is 29.4 Å². The maximum absolute atomic E-state index is 14.1. The lowest BCUT2D eigenvalue weighted by Crippen LogP contribution is -2.41. The van der Waals surface area contributed by atoms with E-state index >= 15 is 0 Å². The first-order valence-electron chi connectivity index (χ1n) is 13.1. The van der Waals surface area contributed by atoms with Crippen molar-refractivity contribution in [2.24, 2.45) is 0 Å². The van der Waals surface area contributed by atoms with Crippen molar-refractivity contribution in [1.82, 2.24) is 5.32 Å². The summed E-state index contributed by atoms with van der Waals surface area (Å²) in [5.41, 5.74) is -0.448. The normalized spacial score (nSPS) is 19.2. The van der Waals surface area contributed by atoms with Crippen molar-refractivity contribution < 1.29 is 34.1 Å². The fourth-order valence-electron chi connectivity index (χ4n) is 5.53. The first kappa shape index (κ1) is 27.0. The first-order chi connectivity index (χ1) is 18.9. The number of ether oxygens (including phenoxy) is 2. The highest BCUT2D eigenvalue weighted by atomic mass is 16.5. The molecule has 0 radical (unpaired) electrons. The third-order valence-electron chi connectivity index (χ3n) is 7.65. The van der Waals surface area contributed by atoms with E-state index in [1.807, 2.05) is 50.2 Å². The summed E-state index contributed by atoms with van der Waals surface area (Å²) >= 11 is 0. The molecule has 2 aliphatic rings. The Kier molecular flexibility index (Phi) is 6.45. The van der Waals surface area contributed by atoms with E-state index in [2.05, 4.69) is 5.32 Å². The minimum atomic E-state index is -1.57. The van der Waals surface area contributed by atoms with Crippen molar-refractivity contribution in [3.8, 4) is 23.0 Å². The van der Waals surface area contributed by atoms with E-state index in [9.17, 15) is 24.6 Å². The molecule has 1 atom stereocenters. The number of allylic oxidation sites excluding steroid dienone is 4. The molecule has 3 aromatic carbocycles. The van der Waals surface area contributed by atoms with Gasteiger partial charge in [0.05, 0.1) is 17.2 Å². The molecule has 1 aliphatic carbocycles. The van der Waals surface area contributed by atoms with E-state index in [-0.39, 0.29) is 52.2 Å². The van der Waals surface area contributed by atoms with Crippen LogP contribution in [0.1, 0.15) is 61.7 Å². The van der Waals surface area contributed by atoms with Gasteiger partial charge in [0.2, 0.25) is 0 Å². The molecule has 1 heterocycles. The Morgan fingerprint density at radius 1 is 1.07 bits per heavy atom. The lowest BCUT2D eigenvalue weighted by atomic mass is 9.70. The fraction of sp³-hybridized carbons (Fsp3) is 0.281. The molecule has 40 heavy (non-hydrogen) atoms. The lowest BCUT2D eigenvalue weighted by molar-refractivity contribution is -0.123. The molecule has 3 N–H and O–H groups in total. The molecule has 1 aliphatic heterocycles. The Balaban J connectivity index is 1.59. The smallest absolute Gasteiger partial charge is 0.194 e. The molecule has 8 heteroatoms. The van der Waals surface area contributed by atoms with Gasteiger partial charge in [-0.2, -0.15) is 0 Å². The Morgan fingerprint density at radius 3 is 2.45 bits per heavy atom. The van der Waals surface area contributed by atoms with E-state index < -0.39 is 28.5 Å². The van der Waals surface area contributed by atoms with Crippen molar-refractivity contribution in [3.05, 3.63) is 81.8 Å². The van der Waals surface area contributed by atoms with Gasteiger partial charge >= 0.3 is 0 Å². The molecule has 0 amide bonds. The molecule has 0 fully saturated rings. The lowest BCUT2D eigenvalue weighted by Gasteiger charge is -2.29. The van der Waals surface area contributed by atoms with Crippen molar-refractivity contribution in [2.45, 2.75) is 59.6 Å². The third kappa shape index (κ3) is 3.94. The van der Waals surface area contributed by atoms with Crippen LogP contribution in [-0.2, 0) is 21.5 Å². The van der Waals surface area contributed by atoms with Crippen molar-refractivity contribution in [2.75, 3.05) is 0 Å². The summed E-state index contributed by atoms with van der Waals surface area (Å²) in [7, 11) is 0. The highest BCUT2D eigenvalue weighted by Gasteiger charge is 2.56. The van der Waals surface area contributed by atoms with Gasteiger partial charge in [0.25, 0.3) is 0 Å². The number of hydrogen-bond acceptors (Lipinski definition) is 8. The monoisotopic (exact) mass is 541 g/mol. The first-order valence-corrected chi connectivity index (χ1v) is 13.1. The van der Waals surface area contributed by atoms with Crippen LogP contribution < -0.4 is 14.8 Å². The van der Waals surface area contributed by atoms with E-state index in [1.165, 1.54) is 19.9 Å². The van der Waals surface area contributed by atoms with Crippen LogP contribution in [-0.4, -0.2) is 33.7 Å². The van der Waals surface area contributed by atoms with Gasteiger partial charge in [-0.15, -0.1) is 0 Å². The van der Waals surface area contributed by atoms with Gasteiger partial charge in [-0.1, -0.05) is 30.3 Å². The molecular formula is C32H31NO7. The summed E-state index contributed by atoms with van der Waals surface area (Å²) in [6.07, 6.45) is 1.16. The predicted octanol–water partition coefficient (Wildman–Crippen LogP) is 5.30. The van der Waals surface area contributed by atoms with Gasteiger partial charge in [-0.3, -0.25) is 14.4 Å². The standard InChI is InChI=1S/C32H31NO7/c1-15(2)39-23-12-11-19-9-7-8-10-20(19)21(23)14-33-17(4)25-22(35)13-24-32(6,31(25)38)27-29(37)16(3)28(36)26(18(5)34)30(27)40-24/h7-13,15,33,36-37H,14H2,1-6H3/b25-17+/t32-/m0/s1. The van der Waals surface area contributed by atoms with Crippen LogP contribution in [0.4, 0.5) is 0 Å². The summed E-state index contributed by atoms with van der Waals surface area (Å²) in [6, 6.07) is 11.8. The van der Waals surface area contributed by atoms with E-state index in [0.29, 0.717) is 11.4 Å². The minimum Gasteiger partial charge on any atom is -0.507 e. The van der Waals surface area contributed by atoms with E-state index in [4.69, 9.17) is 9.47 Å². The number of phenols is 2. The average Bonchev–Trinajstić information content (AvgIpc) is 3.19. The quantitative estimate of drug-likeness (QED) is 0.218. The van der Waals surface area contributed by atoms with Gasteiger partial charge in [0.1, 0.15) is 39.7 Å². The molecule has 0 unspecified atom stereocenters. The number of fused-ring (bicyclic) bond motifs is 4. The second kappa shape index (κ2) is 9.55. The molecule has 0 bridgehead atoms. The van der Waals surface area contributed by atoms with Gasteiger partial charge in [-0.25, -0.2) is 0 Å². The summed E-state index contributed by atoms with van der Waals surface area (Å²) in [5.74, 6) is -1.83. The number of phenolic OH excluding ortho intramolecular Hbond substituents is 2. The Bertz CT molecular complexity index is 1700. The van der Waals surface area contributed by atoms with E-state index in [0.717, 1.165) is 16.3 Å². The second-order valence-corrected chi connectivity index (χ2v) is 10.7. The summed E-state index contributed by atoms with van der Waals surface area (Å²) in [6.45, 7) is 10.1. The van der Waals surface area contributed by atoms with Crippen molar-refractivity contribution >= 4 is 28.1 Å². The number of carbonyl (C=O) groups is 3. The number of carbonyl (C=O) groups excluding carboxylic acids is 3. The molecular weight excluding hydrogens is 510 g/mol. The molecule has 3 aromatic rings. The summed E-state index contributed by atoms with van der Waals surface area (Å²) < 4.78 is 11.9. The summed E-state index contributed by atoms with van der Waals surface area (Å²) in [5, 5.41) is 26.8. The van der Waals surface area contributed by atoms with Crippen molar-refractivity contribution in [3.63, 3.8) is 0 Å². The number of aromatic hydroxyl groups is 2. The number of rotatable bonds is 6. The summed E-state index contributed by atoms with van der Waals surface area (Å²) in [4.78, 5) is 39.8. The fourth-order valence-corrected chi connectivity index (χ4v) is 5.53. The van der Waals surface area contributed by atoms with Gasteiger partial charge in [-0.05, 0) is 58.4 Å². The zero-order valence-electron chi connectivity index (χ0n) is 23.3. The van der Waals surface area contributed by atoms with Crippen molar-refractivity contribution in [1.29, 1.82) is 0 Å². The van der Waals surface area contributed by atoms with Crippen LogP contribution in [0, 0.1) is 6.92 Å². The highest BCUT2D eigenvalue weighted by molar-refractivity contribution is 6.31. The van der Waals surface area contributed by atoms with Crippen LogP contribution >= 0.6 is 0 Å². The average molecular weight is 542 g/mol. The zero-order chi connectivity index (χ0) is 29.1. The molecule has 8 nitrogen and oxygen atoms in total. The Labute approximate surface area is 231 Å². The zero-order valence-corrected chi connectivity index (χ0v) is 23.3. The third-order valence-corrected chi connectivity index (χ3v) is 7.65. The maximum Gasteiger partial charge on any atom is 0.194 e. The van der Waals surface area contributed by atoms with Crippen LogP contribution in [0.15, 0.2) is 59.5 Å². The minimum absolute atomic E-state index is 0.00137. The largest absolute Gasteiger partial charge is 0.507 e. The number of nitrogens with one attached hydrogen (secondary N) is 1. The van der Waals surface area contributed by atoms with Gasteiger partial charge in [0.15, 0.2) is 17.3 Å². The molecule has 0 saturated heterocycles. The molecule has 0 spiro atoms. The number of ketones is 3. The molecule has 5 rings (SSSR count). The SMILES string of the molecule is CC(=O)c1c(O)c(C)c(O)c2c1OC1=CC(=O)/C(=C(/C)NCc3c(OC(C)C)ccc4ccccc34)C(=O)[C@@]12C. The highest BCUT2D eigenvalue weighted by Crippen LogP contribution is 2.57. The van der Waals surface area contributed by atoms with Crippen LogP contribution in [0.3, 0.4) is 0 Å². The number of benzene rings is 3. The predicted molar refractivity (Wildman–Crippen MR) is 150 cm³/mol. The van der Waals surface area contributed by atoms with Crippen LogP contribution in [0.5, 0.6) is 23.0 Å². The maximum atomic E-state index is 14.1. The van der Waals surface area contributed by atoms with Crippen LogP contribution in [0.2, 0.25) is 0 Å². The Hall–Kier alpha value is -4.59. The van der Waals surface area contributed by atoms with Gasteiger partial charge < -0.3 is 25.0 Å². The second-order valence-electron chi connectivity index (χ2n) is 10.7. The number of Topliss-reactive ketones (excluding diaryl/α,β-unsaturated/α-hetero) is 2. The van der Waals surface area contributed by atoms with Crippen LogP contribution in [0.25, 0.3) is 10.8 Å².